The Kier molecular flexibility index (Phi) is 5.37. The van der Waals surface area contributed by atoms with Crippen molar-refractivity contribution in [2.75, 3.05) is 23.8 Å². The molecule has 0 saturated heterocycles. The van der Waals surface area contributed by atoms with E-state index < -0.39 is 0 Å². The third kappa shape index (κ3) is 4.48. The number of benzene rings is 2. The molecule has 3 heteroatoms. The van der Waals surface area contributed by atoms with Crippen LogP contribution >= 0.6 is 0 Å². The predicted octanol–water partition coefficient (Wildman–Crippen LogP) is 4.10. The SMILES string of the molecule is CCN(C)c1cccc(NC(=O)/C=C/c2ccc(C)cc2)c1. The van der Waals surface area contributed by atoms with Gasteiger partial charge in [0.2, 0.25) is 5.91 Å². The molecule has 2 rings (SSSR count). The summed E-state index contributed by atoms with van der Waals surface area (Å²) in [5.41, 5.74) is 4.11. The van der Waals surface area contributed by atoms with Crippen LogP contribution in [0.3, 0.4) is 0 Å². The van der Waals surface area contributed by atoms with E-state index in [1.807, 2.05) is 68.6 Å². The van der Waals surface area contributed by atoms with Crippen LogP contribution in [-0.4, -0.2) is 19.5 Å². The minimum absolute atomic E-state index is 0.128. The van der Waals surface area contributed by atoms with Crippen molar-refractivity contribution in [1.82, 2.24) is 0 Å². The van der Waals surface area contributed by atoms with Gasteiger partial charge in [-0.2, -0.15) is 0 Å². The summed E-state index contributed by atoms with van der Waals surface area (Å²) in [6.07, 6.45) is 3.37. The van der Waals surface area contributed by atoms with Crippen molar-refractivity contribution < 1.29 is 4.79 Å². The highest BCUT2D eigenvalue weighted by Crippen LogP contribution is 2.18. The topological polar surface area (TPSA) is 32.3 Å². The molecule has 2 aromatic carbocycles. The Morgan fingerprint density at radius 2 is 1.91 bits per heavy atom. The highest BCUT2D eigenvalue weighted by Gasteiger charge is 2.02. The Morgan fingerprint density at radius 1 is 1.18 bits per heavy atom. The molecule has 0 radical (unpaired) electrons. The normalized spacial score (nSPS) is 10.7. The average Bonchev–Trinajstić information content (AvgIpc) is 2.54. The van der Waals surface area contributed by atoms with Gasteiger partial charge in [-0.25, -0.2) is 0 Å². The quantitative estimate of drug-likeness (QED) is 0.842. The first-order chi connectivity index (χ1) is 10.6. The molecule has 0 heterocycles. The van der Waals surface area contributed by atoms with Crippen LogP contribution in [-0.2, 0) is 4.79 Å². The molecule has 1 N–H and O–H groups in total. The Morgan fingerprint density at radius 3 is 2.59 bits per heavy atom. The fraction of sp³-hybridized carbons (Fsp3) is 0.211. The summed E-state index contributed by atoms with van der Waals surface area (Å²) in [7, 11) is 2.03. The average molecular weight is 294 g/mol. The lowest BCUT2D eigenvalue weighted by Gasteiger charge is -2.17. The minimum Gasteiger partial charge on any atom is -0.375 e. The number of amides is 1. The molecule has 0 saturated carbocycles. The van der Waals surface area contributed by atoms with E-state index in [0.717, 1.165) is 23.5 Å². The first-order valence-corrected chi connectivity index (χ1v) is 7.45. The van der Waals surface area contributed by atoms with Crippen LogP contribution in [0, 0.1) is 6.92 Å². The molecule has 114 valence electrons. The van der Waals surface area contributed by atoms with Crippen molar-refractivity contribution in [3.8, 4) is 0 Å². The fourth-order valence-corrected chi connectivity index (χ4v) is 2.04. The summed E-state index contributed by atoms with van der Waals surface area (Å²) in [6, 6.07) is 15.9. The third-order valence-electron chi connectivity index (χ3n) is 3.53. The zero-order valence-corrected chi connectivity index (χ0v) is 13.3. The molecule has 0 aromatic heterocycles. The highest BCUT2D eigenvalue weighted by molar-refractivity contribution is 6.02. The van der Waals surface area contributed by atoms with Gasteiger partial charge in [0.25, 0.3) is 0 Å². The summed E-state index contributed by atoms with van der Waals surface area (Å²) < 4.78 is 0. The fourth-order valence-electron chi connectivity index (χ4n) is 2.04. The van der Waals surface area contributed by atoms with Crippen molar-refractivity contribution in [3.63, 3.8) is 0 Å². The van der Waals surface area contributed by atoms with Crippen LogP contribution < -0.4 is 10.2 Å². The van der Waals surface area contributed by atoms with Crippen LogP contribution in [0.5, 0.6) is 0 Å². The van der Waals surface area contributed by atoms with Gasteiger partial charge in [-0.15, -0.1) is 0 Å². The van der Waals surface area contributed by atoms with Crippen LogP contribution in [0.25, 0.3) is 6.08 Å². The maximum Gasteiger partial charge on any atom is 0.248 e. The number of aryl methyl sites for hydroxylation is 1. The molecule has 0 aliphatic rings. The van der Waals surface area contributed by atoms with Gasteiger partial charge in [0, 0.05) is 31.0 Å². The van der Waals surface area contributed by atoms with Crippen molar-refractivity contribution >= 4 is 23.4 Å². The molecule has 0 aliphatic carbocycles. The number of nitrogens with zero attached hydrogens (tertiary/aromatic N) is 1. The van der Waals surface area contributed by atoms with Gasteiger partial charge < -0.3 is 10.2 Å². The molecule has 0 spiro atoms. The lowest BCUT2D eigenvalue weighted by molar-refractivity contribution is -0.111. The predicted molar refractivity (Wildman–Crippen MR) is 94.2 cm³/mol. The van der Waals surface area contributed by atoms with Gasteiger partial charge in [0.05, 0.1) is 0 Å². The van der Waals surface area contributed by atoms with E-state index in [-0.39, 0.29) is 5.91 Å². The van der Waals surface area contributed by atoms with E-state index in [2.05, 4.69) is 17.1 Å². The van der Waals surface area contributed by atoms with E-state index in [4.69, 9.17) is 0 Å². The van der Waals surface area contributed by atoms with Crippen molar-refractivity contribution in [1.29, 1.82) is 0 Å². The van der Waals surface area contributed by atoms with Gasteiger partial charge in [0.1, 0.15) is 0 Å². The largest absolute Gasteiger partial charge is 0.375 e. The molecule has 2 aromatic rings. The van der Waals surface area contributed by atoms with E-state index in [1.54, 1.807) is 6.08 Å². The lowest BCUT2D eigenvalue weighted by atomic mass is 10.1. The minimum atomic E-state index is -0.128. The van der Waals surface area contributed by atoms with Crippen molar-refractivity contribution in [2.24, 2.45) is 0 Å². The molecule has 3 nitrogen and oxygen atoms in total. The summed E-state index contributed by atoms with van der Waals surface area (Å²) >= 11 is 0. The molecule has 0 bridgehead atoms. The van der Waals surface area contributed by atoms with Gasteiger partial charge in [-0.05, 0) is 43.7 Å². The Bertz CT molecular complexity index is 659. The Labute approximate surface area is 132 Å². The smallest absolute Gasteiger partial charge is 0.248 e. The van der Waals surface area contributed by atoms with E-state index in [1.165, 1.54) is 5.56 Å². The maximum atomic E-state index is 12.0. The maximum absolute atomic E-state index is 12.0. The van der Waals surface area contributed by atoms with Gasteiger partial charge in [-0.1, -0.05) is 35.9 Å². The monoisotopic (exact) mass is 294 g/mol. The molecule has 0 fully saturated rings. The van der Waals surface area contributed by atoms with Crippen LogP contribution in [0.15, 0.2) is 54.6 Å². The number of hydrogen-bond donors (Lipinski definition) is 1. The highest BCUT2D eigenvalue weighted by atomic mass is 16.1. The van der Waals surface area contributed by atoms with Crippen molar-refractivity contribution in [3.05, 3.63) is 65.7 Å². The van der Waals surface area contributed by atoms with Gasteiger partial charge in [0.15, 0.2) is 0 Å². The second kappa shape index (κ2) is 7.46. The number of nitrogens with one attached hydrogen (secondary N) is 1. The van der Waals surface area contributed by atoms with Crippen LogP contribution in [0.1, 0.15) is 18.1 Å². The zero-order valence-electron chi connectivity index (χ0n) is 13.3. The summed E-state index contributed by atoms with van der Waals surface area (Å²) in [5.74, 6) is -0.128. The third-order valence-corrected chi connectivity index (χ3v) is 3.53. The second-order valence-corrected chi connectivity index (χ2v) is 5.30. The Balaban J connectivity index is 2.01. The molecule has 1 amide bonds. The molecular formula is C19H22N2O. The first-order valence-electron chi connectivity index (χ1n) is 7.45. The first kappa shape index (κ1) is 15.8. The van der Waals surface area contributed by atoms with Gasteiger partial charge >= 0.3 is 0 Å². The zero-order chi connectivity index (χ0) is 15.9. The summed E-state index contributed by atoms with van der Waals surface area (Å²) in [4.78, 5) is 14.1. The van der Waals surface area contributed by atoms with Crippen molar-refractivity contribution in [2.45, 2.75) is 13.8 Å². The number of carbonyl (C=O) groups excluding carboxylic acids is 1. The molecule has 22 heavy (non-hydrogen) atoms. The number of hydrogen-bond acceptors (Lipinski definition) is 2. The summed E-state index contributed by atoms with van der Waals surface area (Å²) in [6.45, 7) is 5.06. The van der Waals surface area contributed by atoms with Crippen LogP contribution in [0.2, 0.25) is 0 Å². The molecule has 0 aliphatic heterocycles. The number of carbonyl (C=O) groups is 1. The summed E-state index contributed by atoms with van der Waals surface area (Å²) in [5, 5.41) is 2.89. The number of rotatable bonds is 5. The van der Waals surface area contributed by atoms with E-state index in [9.17, 15) is 4.79 Å². The molecular weight excluding hydrogens is 272 g/mol. The molecule has 0 atom stereocenters. The van der Waals surface area contributed by atoms with E-state index >= 15 is 0 Å². The Hall–Kier alpha value is -2.55. The second-order valence-electron chi connectivity index (χ2n) is 5.30. The standard InChI is InChI=1S/C19H22N2O/c1-4-21(3)18-7-5-6-17(14-18)20-19(22)13-12-16-10-8-15(2)9-11-16/h5-14H,4H2,1-3H3,(H,20,22)/b13-12+. The number of anilines is 2. The lowest BCUT2D eigenvalue weighted by Crippen LogP contribution is -2.16. The van der Waals surface area contributed by atoms with Crippen LogP contribution in [0.4, 0.5) is 11.4 Å². The molecule has 0 unspecified atom stereocenters. The van der Waals surface area contributed by atoms with E-state index in [0.29, 0.717) is 0 Å². The van der Waals surface area contributed by atoms with Gasteiger partial charge in [-0.3, -0.25) is 4.79 Å².